The molecule has 0 unspecified atom stereocenters. The highest BCUT2D eigenvalue weighted by molar-refractivity contribution is 9.10. The first kappa shape index (κ1) is 133. The Balaban J connectivity index is 0. The first-order valence-corrected chi connectivity index (χ1v) is 63.7. The molecule has 0 aliphatic rings. The number of aromatic nitrogens is 1. The largest absolute Gasteiger partial charge is 0.497 e. The van der Waals surface area contributed by atoms with Gasteiger partial charge in [-0.3, -0.25) is 4.98 Å². The van der Waals surface area contributed by atoms with Crippen LogP contribution in [-0.2, 0) is 34.5 Å². The Morgan fingerprint density at radius 3 is 1.10 bits per heavy atom. The zero-order chi connectivity index (χ0) is 101. The average molecular weight is 2260 g/mol. The van der Waals surface area contributed by atoms with E-state index in [-0.39, 0.29) is 5.82 Å². The van der Waals surface area contributed by atoms with Crippen molar-refractivity contribution in [1.82, 2.24) is 9.88 Å². The van der Waals surface area contributed by atoms with E-state index < -0.39 is 0 Å². The van der Waals surface area contributed by atoms with E-state index in [1.807, 2.05) is 255 Å². The zero-order valence-electron chi connectivity index (χ0n) is 80.9. The predicted molar refractivity (Wildman–Crippen MR) is 652 cm³/mol. The molecule has 0 amide bonds. The molecule has 0 spiro atoms. The predicted octanol–water partition coefficient (Wildman–Crippen LogP) is 42.1. The Hall–Kier alpha value is -3.93. The number of thiophene rings is 1. The van der Waals surface area contributed by atoms with Crippen LogP contribution in [0, 0.1) is 75.1 Å². The molecule has 11 aromatic carbocycles. The molecule has 0 bridgehead atoms. The molecule has 0 N–H and O–H groups in total. The van der Waals surface area contributed by atoms with Crippen LogP contribution in [0.15, 0.2) is 342 Å². The van der Waals surface area contributed by atoms with Crippen LogP contribution in [0.2, 0.25) is 5.02 Å². The van der Waals surface area contributed by atoms with Gasteiger partial charge in [-0.25, -0.2) is 4.39 Å². The summed E-state index contributed by atoms with van der Waals surface area (Å²) in [6, 6.07) is 103. The second-order valence-corrected chi connectivity index (χ2v) is 48.0. The number of hydrogen-bond donors (Lipinski definition) is 3. The molecule has 0 radical (unpaired) electrons. The van der Waals surface area contributed by atoms with Gasteiger partial charge in [-0.1, -0.05) is 415 Å². The van der Waals surface area contributed by atoms with E-state index in [0.29, 0.717) is 10.2 Å². The molecular weight excluding hydrogens is 2130 g/mol. The average Bonchev–Trinajstić information content (AvgIpc) is 1.70. The Bertz CT molecular complexity index is 4620. The molecule has 3 heterocycles. The summed E-state index contributed by atoms with van der Waals surface area (Å²) in [6.45, 7) is 38.9. The second kappa shape index (κ2) is 94.9. The van der Waals surface area contributed by atoms with Crippen molar-refractivity contribution in [2.75, 3.05) is 44.0 Å². The minimum atomic E-state index is -0.171. The molecule has 0 saturated heterocycles. The van der Waals surface area contributed by atoms with Crippen molar-refractivity contribution in [3.8, 4) is 5.75 Å². The van der Waals surface area contributed by atoms with Crippen molar-refractivity contribution in [2.24, 2.45) is 0 Å². The molecule has 26 heteroatoms. The number of ether oxygens (including phenoxy) is 1. The number of thiol groups is 3. The molecule has 734 valence electrons. The summed E-state index contributed by atoms with van der Waals surface area (Å²) in [7, 11) is 40.1. The summed E-state index contributed by atoms with van der Waals surface area (Å²) in [5, 5.41) is 4.40. The van der Waals surface area contributed by atoms with Gasteiger partial charge in [0.15, 0.2) is 0 Å². The summed E-state index contributed by atoms with van der Waals surface area (Å²) < 4.78 is 24.4. The first-order chi connectivity index (χ1) is 65.2. The Kier molecular flexibility index (Phi) is 93.6. The number of hydrogen-bond acceptors (Lipinski definition) is 19. The number of rotatable bonds is 23. The number of allylic oxidation sites excluding steroid dienone is 1. The fourth-order valence-corrected chi connectivity index (χ4v) is 21.1. The normalized spacial score (nSPS) is 9.61. The number of furan rings is 1. The van der Waals surface area contributed by atoms with Gasteiger partial charge >= 0.3 is 0 Å². The molecule has 0 saturated carbocycles. The molecule has 14 rings (SSSR count). The van der Waals surface area contributed by atoms with Crippen LogP contribution >= 0.6 is 234 Å². The van der Waals surface area contributed by atoms with Gasteiger partial charge in [0.2, 0.25) is 0 Å². The van der Waals surface area contributed by atoms with Crippen molar-refractivity contribution < 1.29 is 13.5 Å². The van der Waals surface area contributed by atoms with E-state index >= 15 is 0 Å². The lowest BCUT2D eigenvalue weighted by atomic mass is 10.2. The van der Waals surface area contributed by atoms with Crippen molar-refractivity contribution >= 4 is 250 Å². The van der Waals surface area contributed by atoms with Gasteiger partial charge in [0, 0.05) is 92.1 Å². The van der Waals surface area contributed by atoms with Crippen molar-refractivity contribution in [3.63, 3.8) is 0 Å². The summed E-state index contributed by atoms with van der Waals surface area (Å²) in [5.41, 5.74) is 20.6. The maximum Gasteiger partial charge on any atom is 0.123 e. The van der Waals surface area contributed by atoms with Crippen LogP contribution in [0.5, 0.6) is 5.75 Å². The Morgan fingerprint density at radius 1 is 0.430 bits per heavy atom. The lowest BCUT2D eigenvalue weighted by molar-refractivity contribution is 0.321. The van der Waals surface area contributed by atoms with E-state index in [1.165, 1.54) is 151 Å². The molecule has 14 aromatic rings. The molecule has 0 aliphatic heterocycles. The molecule has 135 heavy (non-hydrogen) atoms. The minimum Gasteiger partial charge on any atom is -0.497 e. The van der Waals surface area contributed by atoms with Gasteiger partial charge in [0.1, 0.15) is 17.3 Å². The molecule has 0 atom stereocenters. The number of fused-ring (bicyclic) bond motifs is 1. The summed E-state index contributed by atoms with van der Waals surface area (Å²) >= 11 is 22.9. The fourth-order valence-electron chi connectivity index (χ4n) is 9.77. The third-order valence-corrected chi connectivity index (χ3v) is 31.9. The van der Waals surface area contributed by atoms with E-state index in [1.54, 1.807) is 53.3 Å². The van der Waals surface area contributed by atoms with Gasteiger partial charge < -0.3 is 14.1 Å². The third kappa shape index (κ3) is 81.2. The number of pyridine rings is 1. The number of benzene rings is 11. The zero-order valence-corrected chi connectivity index (χ0v) is 98.8. The SMILES string of the molecule is C/C=C/c1ccccc1.CCN(CC)CC.CCS.CCSSSCc1cccc(CSSSCC)c1.COc1ccc(C)cc1.Cc1ccc(Br)cc1.Cc1ccc(C)cc1.Cc1ccc(Cl)cc1.Cc1ccc(F)cc1.Cc1ccccc1.Cc1ccccn1.Cc1ccco1.Cc1csc2ccccc12.ClSCl.ClSSCc1cccc(CSSCl)c1.SCc1cccc(CS)c1. The van der Waals surface area contributed by atoms with E-state index in [9.17, 15) is 4.39 Å². The smallest absolute Gasteiger partial charge is 0.123 e. The van der Waals surface area contributed by atoms with Crippen molar-refractivity contribution in [2.45, 2.75) is 152 Å². The lowest BCUT2D eigenvalue weighted by Crippen LogP contribution is -2.21. The summed E-state index contributed by atoms with van der Waals surface area (Å²) in [6.07, 6.45) is 7.57. The number of nitrogens with zero attached hydrogens (tertiary/aromatic N) is 2. The highest BCUT2D eigenvalue weighted by Gasteiger charge is 2.02. The minimum absolute atomic E-state index is 0.171. The van der Waals surface area contributed by atoms with Gasteiger partial charge in [-0.2, -0.15) is 37.9 Å². The fraction of sp³-hybridized carbons (Fsp3) is 0.275. The number of methoxy groups -OCH3 is 1. The molecule has 3 aromatic heterocycles. The molecule has 4 nitrogen and oxygen atoms in total. The molecule has 0 fully saturated rings. The lowest BCUT2D eigenvalue weighted by Gasteiger charge is -2.13. The highest BCUT2D eigenvalue weighted by Crippen LogP contribution is 2.39. The first-order valence-electron chi connectivity index (χ1n) is 43.4. The third-order valence-electron chi connectivity index (χ3n) is 16.9. The molecular formula is C109H137BrCl5FN2O2S15. The summed E-state index contributed by atoms with van der Waals surface area (Å²) in [5.74, 6) is 10.7. The Morgan fingerprint density at radius 2 is 0.800 bits per heavy atom. The van der Waals surface area contributed by atoms with E-state index in [4.69, 9.17) is 42.1 Å². The molecule has 0 aliphatic carbocycles. The van der Waals surface area contributed by atoms with E-state index in [2.05, 4.69) is 324 Å². The second-order valence-electron chi connectivity index (χ2n) is 28.1. The topological polar surface area (TPSA) is 38.5 Å². The highest BCUT2D eigenvalue weighted by atomic mass is 79.9. The van der Waals surface area contributed by atoms with Crippen LogP contribution in [-0.4, -0.2) is 53.9 Å². The van der Waals surface area contributed by atoms with Gasteiger partial charge in [0.05, 0.1) is 23.6 Å². The standard InChI is InChI=1S/C12H18S6.C9H8S.C9H10.C8H8Cl2S4.C8H10O.C8H10S2.C8H10.C7H7Br.C7H7Cl.C7H7F.C7H8.C6H7N.C6H15N.C5H6O.C2H6S.Cl2S/c1-3-13-17-15-9-11-6-5-7-12(8-11)10-16-18-14-4-2;1-7-6-10-9-5-3-2-4-8(7)9;1-2-6-9-7-4-3-5-8-9;9-13-11-5-7-2-1-3-8(4-7)6-12-14-10;1-7-3-5-8(9-2)6-4-7;9-5-7-2-1-3-8(4-7)6-10;1-7-3-5-8(2)6-4-7;3*1-6-2-4-7(8)5-3-6;1-7-5-3-2-4-6-7;1-6-4-2-3-5-7-6;1-4-7(5-2)6-3;1-5-3-2-4-6-5;1-2-3;1-3-2/h5-8H,3-4,9-10H2,1-2H3;2-6H,1H3;2-8H,1H3;1-4H,5-6H2;3-6H,1-2H3;1-4,9-10H,5-6H2;3-6H,1-2H3;3*2-5H,1H3;2-6H,1H3;2-5H,1H3;4-6H2,1-3H3;2-4H,1H3;3H,2H2,1H3;/b;;6-2+;;;;;;;;;;;;;. The van der Waals surface area contributed by atoms with Crippen molar-refractivity contribution in [1.29, 1.82) is 0 Å². The monoisotopic (exact) mass is 2260 g/mol. The maximum absolute atomic E-state index is 12.1. The van der Waals surface area contributed by atoms with Crippen LogP contribution < -0.4 is 4.74 Å². The van der Waals surface area contributed by atoms with E-state index in [0.717, 1.165) is 72.5 Å². The van der Waals surface area contributed by atoms with Crippen LogP contribution in [0.4, 0.5) is 4.39 Å². The quantitative estimate of drug-likeness (QED) is 0.0323. The van der Waals surface area contributed by atoms with Crippen LogP contribution in [0.1, 0.15) is 143 Å². The van der Waals surface area contributed by atoms with Gasteiger partial charge in [0.25, 0.3) is 0 Å². The number of aryl methyl sites for hydroxylation is 10. The van der Waals surface area contributed by atoms with Gasteiger partial charge in [-0.15, -0.1) is 11.3 Å². The van der Waals surface area contributed by atoms with Crippen molar-refractivity contribution in [3.05, 3.63) is 444 Å². The van der Waals surface area contributed by atoms with Crippen LogP contribution in [0.3, 0.4) is 0 Å². The Labute approximate surface area is 908 Å². The number of halogens is 7. The summed E-state index contributed by atoms with van der Waals surface area (Å²) in [4.78, 5) is 6.35. The van der Waals surface area contributed by atoms with Gasteiger partial charge in [-0.05, 0) is 298 Å². The van der Waals surface area contributed by atoms with Crippen LogP contribution in [0.25, 0.3) is 16.2 Å². The maximum atomic E-state index is 12.1.